The molecule has 1 spiro atoms. The zero-order chi connectivity index (χ0) is 6.16. The van der Waals surface area contributed by atoms with Crippen molar-refractivity contribution in [2.45, 2.75) is 12.8 Å². The molecule has 52 valence electrons. The number of hydrogen-bond donors (Lipinski definition) is 1. The molecule has 0 aromatic carbocycles. The van der Waals surface area contributed by atoms with Crippen molar-refractivity contribution < 1.29 is 0 Å². The zero-order valence-electron chi connectivity index (χ0n) is 5.69. The van der Waals surface area contributed by atoms with E-state index in [1.807, 2.05) is 0 Å². The Morgan fingerprint density at radius 2 is 1.78 bits per heavy atom. The summed E-state index contributed by atoms with van der Waals surface area (Å²) in [6.07, 6.45) is 2.67. The zero-order valence-corrected chi connectivity index (χ0v) is 5.69. The molecule has 0 aliphatic carbocycles. The van der Waals surface area contributed by atoms with Crippen molar-refractivity contribution in [3.05, 3.63) is 5.32 Å². The molecule has 0 aromatic rings. The van der Waals surface area contributed by atoms with Crippen molar-refractivity contribution in [3.63, 3.8) is 0 Å². The standard InChI is InChI=1S/C7H13N2/c1-3-8-4-2-7(1)5-9-6-7/h9H,1-6H2/q-1. The van der Waals surface area contributed by atoms with Gasteiger partial charge in [-0.1, -0.05) is 12.8 Å². The third kappa shape index (κ3) is 0.864. The highest BCUT2D eigenvalue weighted by molar-refractivity contribution is 5.02. The van der Waals surface area contributed by atoms with Crippen LogP contribution >= 0.6 is 0 Å². The van der Waals surface area contributed by atoms with Crippen molar-refractivity contribution in [1.29, 1.82) is 0 Å². The molecule has 2 aliphatic heterocycles. The summed E-state index contributed by atoms with van der Waals surface area (Å²) in [4.78, 5) is 0. The fraction of sp³-hybridized carbons (Fsp3) is 1.00. The van der Waals surface area contributed by atoms with Crippen molar-refractivity contribution in [2.75, 3.05) is 26.2 Å². The minimum atomic E-state index is 0.696. The smallest absolute Gasteiger partial charge is 0.00190 e. The van der Waals surface area contributed by atoms with Crippen LogP contribution in [0.3, 0.4) is 0 Å². The molecule has 2 saturated heterocycles. The fourth-order valence-corrected chi connectivity index (χ4v) is 1.70. The maximum atomic E-state index is 4.33. The molecule has 2 rings (SSSR count). The normalized spacial score (nSPS) is 32.0. The summed E-state index contributed by atoms with van der Waals surface area (Å²) in [5, 5.41) is 7.66. The minimum absolute atomic E-state index is 0.696. The first-order valence-corrected chi connectivity index (χ1v) is 3.75. The molecule has 0 amide bonds. The molecule has 2 fully saturated rings. The van der Waals surface area contributed by atoms with Crippen LogP contribution in [0.4, 0.5) is 0 Å². The second kappa shape index (κ2) is 1.96. The van der Waals surface area contributed by atoms with E-state index in [9.17, 15) is 0 Å². The largest absolute Gasteiger partial charge is 0.662 e. The first kappa shape index (κ1) is 5.69. The van der Waals surface area contributed by atoms with Crippen LogP contribution in [0.5, 0.6) is 0 Å². The molecule has 0 saturated carbocycles. The third-order valence-corrected chi connectivity index (χ3v) is 2.60. The summed E-state index contributed by atoms with van der Waals surface area (Å²) < 4.78 is 0. The van der Waals surface area contributed by atoms with E-state index in [4.69, 9.17) is 0 Å². The van der Waals surface area contributed by atoms with Crippen molar-refractivity contribution in [2.24, 2.45) is 5.41 Å². The van der Waals surface area contributed by atoms with Crippen LogP contribution in [0, 0.1) is 5.41 Å². The first-order chi connectivity index (χ1) is 4.41. The average molecular weight is 125 g/mol. The quantitative estimate of drug-likeness (QED) is 0.508. The van der Waals surface area contributed by atoms with Crippen molar-refractivity contribution in [3.8, 4) is 0 Å². The predicted octanol–water partition coefficient (Wildman–Crippen LogP) is 0.744. The lowest BCUT2D eigenvalue weighted by Gasteiger charge is -2.49. The van der Waals surface area contributed by atoms with Crippen LogP contribution in [-0.4, -0.2) is 26.2 Å². The third-order valence-electron chi connectivity index (χ3n) is 2.60. The first-order valence-electron chi connectivity index (χ1n) is 3.75. The van der Waals surface area contributed by atoms with E-state index in [-0.39, 0.29) is 0 Å². The summed E-state index contributed by atoms with van der Waals surface area (Å²) in [5.74, 6) is 0. The van der Waals surface area contributed by atoms with Gasteiger partial charge in [0.25, 0.3) is 0 Å². The van der Waals surface area contributed by atoms with Crippen LogP contribution < -0.4 is 5.32 Å². The Labute approximate surface area is 56.0 Å². The van der Waals surface area contributed by atoms with E-state index in [1.54, 1.807) is 0 Å². The van der Waals surface area contributed by atoms with Gasteiger partial charge in [0.1, 0.15) is 0 Å². The fourth-order valence-electron chi connectivity index (χ4n) is 1.70. The van der Waals surface area contributed by atoms with E-state index in [2.05, 4.69) is 10.6 Å². The van der Waals surface area contributed by atoms with E-state index in [0.29, 0.717) is 5.41 Å². The van der Waals surface area contributed by atoms with E-state index >= 15 is 0 Å². The van der Waals surface area contributed by atoms with Gasteiger partial charge in [-0.15, -0.1) is 13.1 Å². The van der Waals surface area contributed by atoms with Gasteiger partial charge in [0.2, 0.25) is 0 Å². The molecule has 1 N–H and O–H groups in total. The lowest BCUT2D eigenvalue weighted by molar-refractivity contribution is 0.138. The second-order valence-corrected chi connectivity index (χ2v) is 3.27. The van der Waals surface area contributed by atoms with Gasteiger partial charge in [0.05, 0.1) is 0 Å². The summed E-state index contributed by atoms with van der Waals surface area (Å²) in [7, 11) is 0. The van der Waals surface area contributed by atoms with Gasteiger partial charge in [-0.25, -0.2) is 0 Å². The monoisotopic (exact) mass is 125 g/mol. The highest BCUT2D eigenvalue weighted by Gasteiger charge is 2.34. The van der Waals surface area contributed by atoms with Gasteiger partial charge >= 0.3 is 0 Å². The maximum absolute atomic E-state index is 4.33. The minimum Gasteiger partial charge on any atom is -0.662 e. The highest BCUT2D eigenvalue weighted by Crippen LogP contribution is 2.35. The summed E-state index contributed by atoms with van der Waals surface area (Å²) in [6.45, 7) is 4.73. The molecule has 0 aromatic heterocycles. The van der Waals surface area contributed by atoms with Gasteiger partial charge in [-0.05, 0) is 5.41 Å². The molecule has 0 unspecified atom stereocenters. The van der Waals surface area contributed by atoms with E-state index < -0.39 is 0 Å². The molecular weight excluding hydrogens is 112 g/mol. The number of piperidine rings is 1. The highest BCUT2D eigenvalue weighted by atomic mass is 15.0. The molecule has 0 atom stereocenters. The molecule has 0 bridgehead atoms. The number of rotatable bonds is 0. The Bertz CT molecular complexity index is 99.5. The van der Waals surface area contributed by atoms with Gasteiger partial charge in [-0.2, -0.15) is 0 Å². The van der Waals surface area contributed by atoms with Gasteiger partial charge < -0.3 is 10.6 Å². The molecule has 0 radical (unpaired) electrons. The average Bonchev–Trinajstić information content (AvgIpc) is 1.87. The molecule has 2 heterocycles. The van der Waals surface area contributed by atoms with E-state index in [1.165, 1.54) is 25.9 Å². The number of nitrogens with zero attached hydrogens (tertiary/aromatic N) is 1. The van der Waals surface area contributed by atoms with Crippen LogP contribution in [0.1, 0.15) is 12.8 Å². The molecule has 2 nitrogen and oxygen atoms in total. The summed E-state index contributed by atoms with van der Waals surface area (Å²) in [5.41, 5.74) is 0.696. The predicted molar refractivity (Wildman–Crippen MR) is 37.6 cm³/mol. The Balaban J connectivity index is 1.93. The van der Waals surface area contributed by atoms with Gasteiger partial charge in [0.15, 0.2) is 0 Å². The van der Waals surface area contributed by atoms with E-state index in [0.717, 1.165) is 13.1 Å². The molecular formula is C7H13N2-. The van der Waals surface area contributed by atoms with Gasteiger partial charge in [-0.3, -0.25) is 0 Å². The Kier molecular flexibility index (Phi) is 1.24. The number of hydrogen-bond acceptors (Lipinski definition) is 1. The molecule has 9 heavy (non-hydrogen) atoms. The molecule has 2 aliphatic rings. The van der Waals surface area contributed by atoms with Crippen LogP contribution in [-0.2, 0) is 0 Å². The lowest BCUT2D eigenvalue weighted by Crippen LogP contribution is -2.55. The summed E-state index contributed by atoms with van der Waals surface area (Å²) in [6, 6.07) is 0. The Hall–Kier alpha value is -0.0800. The Morgan fingerprint density at radius 1 is 1.11 bits per heavy atom. The summed E-state index contributed by atoms with van der Waals surface area (Å²) >= 11 is 0. The van der Waals surface area contributed by atoms with Crippen LogP contribution in [0.2, 0.25) is 0 Å². The van der Waals surface area contributed by atoms with Crippen molar-refractivity contribution >= 4 is 0 Å². The second-order valence-electron chi connectivity index (χ2n) is 3.27. The number of nitrogens with one attached hydrogen (secondary N) is 1. The Morgan fingerprint density at radius 3 is 2.11 bits per heavy atom. The van der Waals surface area contributed by atoms with Crippen LogP contribution in [0.15, 0.2) is 0 Å². The SMILES string of the molecule is C1CC2(CC[N-]1)CNC2. The molecule has 2 heteroatoms. The lowest BCUT2D eigenvalue weighted by atomic mass is 9.74. The van der Waals surface area contributed by atoms with Crippen LogP contribution in [0.25, 0.3) is 5.32 Å². The van der Waals surface area contributed by atoms with Crippen molar-refractivity contribution in [1.82, 2.24) is 5.32 Å². The topological polar surface area (TPSA) is 26.1 Å². The maximum Gasteiger partial charge on any atom is 0.00190 e. The van der Waals surface area contributed by atoms with Gasteiger partial charge in [0, 0.05) is 13.1 Å².